The standard InChI is InChI=1S/C17H17NO3/c1-11-8-12(2)10-14(9-11)16(19)18-15(17(20)21)13-6-4-3-5-7-13/h3-10,15H,1-2H3,(H,18,19)(H,20,21)/t15-/m0/s1. The van der Waals surface area contributed by atoms with Crippen molar-refractivity contribution in [3.63, 3.8) is 0 Å². The molecule has 0 unspecified atom stereocenters. The molecule has 0 bridgehead atoms. The number of aryl methyl sites for hydroxylation is 2. The molecule has 0 saturated heterocycles. The Morgan fingerprint density at radius 3 is 2.10 bits per heavy atom. The van der Waals surface area contributed by atoms with E-state index in [9.17, 15) is 14.7 Å². The monoisotopic (exact) mass is 283 g/mol. The van der Waals surface area contributed by atoms with E-state index in [-0.39, 0.29) is 0 Å². The molecular formula is C17H17NO3. The summed E-state index contributed by atoms with van der Waals surface area (Å²) in [7, 11) is 0. The molecule has 0 saturated carbocycles. The number of carbonyl (C=O) groups excluding carboxylic acids is 1. The smallest absolute Gasteiger partial charge is 0.330 e. The lowest BCUT2D eigenvalue weighted by atomic mass is 10.0. The highest BCUT2D eigenvalue weighted by Crippen LogP contribution is 2.15. The van der Waals surface area contributed by atoms with Gasteiger partial charge in [0.25, 0.3) is 5.91 Å². The van der Waals surface area contributed by atoms with Crippen LogP contribution >= 0.6 is 0 Å². The van der Waals surface area contributed by atoms with Crippen LogP contribution in [-0.4, -0.2) is 17.0 Å². The fourth-order valence-electron chi connectivity index (χ4n) is 2.25. The van der Waals surface area contributed by atoms with Crippen molar-refractivity contribution >= 4 is 11.9 Å². The second-order valence-electron chi connectivity index (χ2n) is 5.03. The molecule has 1 atom stereocenters. The van der Waals surface area contributed by atoms with Gasteiger partial charge in [-0.25, -0.2) is 4.79 Å². The Morgan fingerprint density at radius 2 is 1.57 bits per heavy atom. The Morgan fingerprint density at radius 1 is 1.00 bits per heavy atom. The Kier molecular flexibility index (Phi) is 4.38. The van der Waals surface area contributed by atoms with Crippen LogP contribution in [-0.2, 0) is 4.79 Å². The molecule has 2 rings (SSSR count). The maximum Gasteiger partial charge on any atom is 0.330 e. The van der Waals surface area contributed by atoms with Crippen molar-refractivity contribution < 1.29 is 14.7 Å². The van der Waals surface area contributed by atoms with E-state index in [1.54, 1.807) is 42.5 Å². The summed E-state index contributed by atoms with van der Waals surface area (Å²) >= 11 is 0. The van der Waals surface area contributed by atoms with Crippen LogP contribution in [0.4, 0.5) is 0 Å². The van der Waals surface area contributed by atoms with Crippen molar-refractivity contribution in [2.24, 2.45) is 0 Å². The first-order valence-electron chi connectivity index (χ1n) is 6.64. The predicted molar refractivity (Wildman–Crippen MR) is 80.2 cm³/mol. The molecule has 0 aliphatic carbocycles. The van der Waals surface area contributed by atoms with E-state index in [4.69, 9.17) is 0 Å². The number of carboxylic acids is 1. The number of carboxylic acid groups (broad SMARTS) is 1. The average molecular weight is 283 g/mol. The first-order chi connectivity index (χ1) is 9.97. The third-order valence-electron chi connectivity index (χ3n) is 3.14. The molecule has 0 aliphatic rings. The molecule has 0 aliphatic heterocycles. The van der Waals surface area contributed by atoms with E-state index in [0.29, 0.717) is 11.1 Å². The normalized spacial score (nSPS) is 11.7. The van der Waals surface area contributed by atoms with Gasteiger partial charge in [0.05, 0.1) is 0 Å². The molecule has 1 amide bonds. The van der Waals surface area contributed by atoms with Gasteiger partial charge in [-0.3, -0.25) is 4.79 Å². The number of hydrogen-bond acceptors (Lipinski definition) is 2. The zero-order chi connectivity index (χ0) is 15.4. The van der Waals surface area contributed by atoms with Gasteiger partial charge in [-0.05, 0) is 31.5 Å². The maximum absolute atomic E-state index is 12.3. The van der Waals surface area contributed by atoms with Gasteiger partial charge in [0, 0.05) is 5.56 Å². The quantitative estimate of drug-likeness (QED) is 0.906. The molecule has 0 aromatic heterocycles. The fraction of sp³-hybridized carbons (Fsp3) is 0.176. The summed E-state index contributed by atoms with van der Waals surface area (Å²) in [6, 6.07) is 13.0. The van der Waals surface area contributed by atoms with Gasteiger partial charge in [-0.2, -0.15) is 0 Å². The molecule has 0 fully saturated rings. The van der Waals surface area contributed by atoms with Crippen molar-refractivity contribution in [3.8, 4) is 0 Å². The molecule has 0 spiro atoms. The molecule has 2 aromatic rings. The van der Waals surface area contributed by atoms with Crippen LogP contribution in [0.25, 0.3) is 0 Å². The molecule has 0 heterocycles. The zero-order valence-electron chi connectivity index (χ0n) is 12.0. The van der Waals surface area contributed by atoms with E-state index in [1.165, 1.54) is 0 Å². The summed E-state index contributed by atoms with van der Waals surface area (Å²) in [6.45, 7) is 3.80. The summed E-state index contributed by atoms with van der Waals surface area (Å²) in [5.41, 5.74) is 2.94. The van der Waals surface area contributed by atoms with Crippen LogP contribution in [0, 0.1) is 13.8 Å². The molecule has 21 heavy (non-hydrogen) atoms. The van der Waals surface area contributed by atoms with Gasteiger partial charge in [0.1, 0.15) is 0 Å². The lowest BCUT2D eigenvalue weighted by molar-refractivity contribution is -0.139. The minimum atomic E-state index is -1.08. The van der Waals surface area contributed by atoms with E-state index in [0.717, 1.165) is 11.1 Å². The highest BCUT2D eigenvalue weighted by molar-refractivity contribution is 5.97. The number of benzene rings is 2. The van der Waals surface area contributed by atoms with Crippen molar-refractivity contribution in [2.45, 2.75) is 19.9 Å². The number of aliphatic carboxylic acids is 1. The average Bonchev–Trinajstić information content (AvgIpc) is 2.44. The molecule has 2 N–H and O–H groups in total. The van der Waals surface area contributed by atoms with Crippen molar-refractivity contribution in [1.29, 1.82) is 0 Å². The van der Waals surface area contributed by atoms with Gasteiger partial charge in [-0.15, -0.1) is 0 Å². The number of amides is 1. The van der Waals surface area contributed by atoms with Gasteiger partial charge in [-0.1, -0.05) is 47.5 Å². The van der Waals surface area contributed by atoms with Crippen LogP contribution < -0.4 is 5.32 Å². The molecule has 0 radical (unpaired) electrons. The number of rotatable bonds is 4. The summed E-state index contributed by atoms with van der Waals surface area (Å²) in [6.07, 6.45) is 0. The van der Waals surface area contributed by atoms with Crippen molar-refractivity contribution in [2.75, 3.05) is 0 Å². The van der Waals surface area contributed by atoms with Crippen LogP contribution in [0.15, 0.2) is 48.5 Å². The van der Waals surface area contributed by atoms with E-state index < -0.39 is 17.9 Å². The summed E-state index contributed by atoms with van der Waals surface area (Å²) in [4.78, 5) is 23.6. The molecule has 4 nitrogen and oxygen atoms in total. The maximum atomic E-state index is 12.3. The van der Waals surface area contributed by atoms with Crippen LogP contribution in [0.2, 0.25) is 0 Å². The Balaban J connectivity index is 2.25. The van der Waals surface area contributed by atoms with Gasteiger partial charge < -0.3 is 10.4 Å². The second-order valence-corrected chi connectivity index (χ2v) is 5.03. The van der Waals surface area contributed by atoms with Gasteiger partial charge in [0.15, 0.2) is 6.04 Å². The molecule has 2 aromatic carbocycles. The van der Waals surface area contributed by atoms with E-state index in [2.05, 4.69) is 5.32 Å². The third-order valence-corrected chi connectivity index (χ3v) is 3.14. The van der Waals surface area contributed by atoms with Crippen LogP contribution in [0.5, 0.6) is 0 Å². The molecular weight excluding hydrogens is 266 g/mol. The second kappa shape index (κ2) is 6.22. The summed E-state index contributed by atoms with van der Waals surface area (Å²) in [5, 5.41) is 11.9. The van der Waals surface area contributed by atoms with E-state index in [1.807, 2.05) is 19.9 Å². The van der Waals surface area contributed by atoms with Gasteiger partial charge in [0.2, 0.25) is 0 Å². The minimum Gasteiger partial charge on any atom is -0.479 e. The lowest BCUT2D eigenvalue weighted by Crippen LogP contribution is -2.33. The Labute approximate surface area is 123 Å². The summed E-state index contributed by atoms with van der Waals surface area (Å²) in [5.74, 6) is -1.48. The Bertz CT molecular complexity index is 645. The molecule has 108 valence electrons. The highest BCUT2D eigenvalue weighted by atomic mass is 16.4. The fourth-order valence-corrected chi connectivity index (χ4v) is 2.25. The van der Waals surface area contributed by atoms with Crippen molar-refractivity contribution in [3.05, 3.63) is 70.8 Å². The third kappa shape index (κ3) is 3.69. The topological polar surface area (TPSA) is 66.4 Å². The first-order valence-corrected chi connectivity index (χ1v) is 6.64. The first kappa shape index (κ1) is 14.8. The van der Waals surface area contributed by atoms with Gasteiger partial charge >= 0.3 is 5.97 Å². The van der Waals surface area contributed by atoms with Crippen LogP contribution in [0.1, 0.15) is 33.1 Å². The predicted octanol–water partition coefficient (Wildman–Crippen LogP) is 2.86. The number of hydrogen-bond donors (Lipinski definition) is 2. The largest absolute Gasteiger partial charge is 0.479 e. The summed E-state index contributed by atoms with van der Waals surface area (Å²) < 4.78 is 0. The van der Waals surface area contributed by atoms with Crippen molar-refractivity contribution in [1.82, 2.24) is 5.32 Å². The molecule has 4 heteroatoms. The number of nitrogens with one attached hydrogen (secondary N) is 1. The Hall–Kier alpha value is -2.62. The zero-order valence-corrected chi connectivity index (χ0v) is 12.0. The lowest BCUT2D eigenvalue weighted by Gasteiger charge is -2.15. The van der Waals surface area contributed by atoms with Crippen LogP contribution in [0.3, 0.4) is 0 Å². The number of carbonyl (C=O) groups is 2. The minimum absolute atomic E-state index is 0.391. The van der Waals surface area contributed by atoms with E-state index >= 15 is 0 Å². The highest BCUT2D eigenvalue weighted by Gasteiger charge is 2.22. The SMILES string of the molecule is Cc1cc(C)cc(C(=O)N[C@H](C(=O)O)c2ccccc2)c1.